The van der Waals surface area contributed by atoms with Gasteiger partial charge in [-0.15, -0.1) is 0 Å². The zero-order valence-electron chi connectivity index (χ0n) is 10.3. The fourth-order valence-electron chi connectivity index (χ4n) is 1.43. The number of amides is 1. The Balaban J connectivity index is 2.33. The van der Waals surface area contributed by atoms with Gasteiger partial charge in [-0.25, -0.2) is 0 Å². The Morgan fingerprint density at radius 1 is 1.41 bits per heavy atom. The van der Waals surface area contributed by atoms with Gasteiger partial charge in [-0.2, -0.15) is 0 Å². The zero-order chi connectivity index (χ0) is 12.7. The van der Waals surface area contributed by atoms with Gasteiger partial charge >= 0.3 is 0 Å². The van der Waals surface area contributed by atoms with E-state index in [9.17, 15) is 4.79 Å². The van der Waals surface area contributed by atoms with Crippen molar-refractivity contribution in [3.8, 4) is 5.75 Å². The fraction of sp³-hybridized carbons (Fsp3) is 0.462. The van der Waals surface area contributed by atoms with Gasteiger partial charge in [-0.3, -0.25) is 4.79 Å². The molecule has 0 heterocycles. The van der Waals surface area contributed by atoms with E-state index < -0.39 is 0 Å². The highest BCUT2D eigenvalue weighted by atomic mass is 16.5. The number of benzene rings is 1. The van der Waals surface area contributed by atoms with Gasteiger partial charge in [0.15, 0.2) is 0 Å². The largest absolute Gasteiger partial charge is 0.493 e. The third-order valence-electron chi connectivity index (χ3n) is 2.53. The topological polar surface area (TPSA) is 49.8 Å². The predicted octanol–water partition coefficient (Wildman–Crippen LogP) is 1.21. The second kappa shape index (κ2) is 6.91. The Kier molecular flexibility index (Phi) is 5.49. The quantitative estimate of drug-likeness (QED) is 0.809. The Morgan fingerprint density at radius 3 is 2.76 bits per heavy atom. The van der Waals surface area contributed by atoms with Crippen LogP contribution in [-0.4, -0.2) is 42.7 Å². The van der Waals surface area contributed by atoms with Crippen LogP contribution >= 0.6 is 0 Å². The number of ether oxygens (including phenoxy) is 1. The van der Waals surface area contributed by atoms with E-state index in [4.69, 9.17) is 9.84 Å². The number of aryl methyl sites for hydroxylation is 1. The van der Waals surface area contributed by atoms with Crippen molar-refractivity contribution in [3.63, 3.8) is 0 Å². The molecule has 0 aliphatic heterocycles. The highest BCUT2D eigenvalue weighted by Gasteiger charge is 2.08. The van der Waals surface area contributed by atoms with Crippen molar-refractivity contribution in [2.75, 3.05) is 26.8 Å². The lowest BCUT2D eigenvalue weighted by molar-refractivity contribution is -0.130. The summed E-state index contributed by atoms with van der Waals surface area (Å²) in [5.41, 5.74) is 1.06. The van der Waals surface area contributed by atoms with E-state index in [2.05, 4.69) is 0 Å². The number of hydrogen-bond donors (Lipinski definition) is 1. The van der Waals surface area contributed by atoms with Gasteiger partial charge in [0.1, 0.15) is 5.75 Å². The van der Waals surface area contributed by atoms with Crippen LogP contribution in [-0.2, 0) is 4.79 Å². The molecule has 0 spiro atoms. The molecule has 17 heavy (non-hydrogen) atoms. The van der Waals surface area contributed by atoms with Crippen LogP contribution in [0.15, 0.2) is 24.3 Å². The molecule has 0 saturated heterocycles. The summed E-state index contributed by atoms with van der Waals surface area (Å²) in [7, 11) is 1.67. The zero-order valence-corrected chi connectivity index (χ0v) is 10.3. The Labute approximate surface area is 102 Å². The van der Waals surface area contributed by atoms with Gasteiger partial charge in [0.2, 0.25) is 5.91 Å². The summed E-state index contributed by atoms with van der Waals surface area (Å²) < 4.78 is 5.53. The van der Waals surface area contributed by atoms with E-state index >= 15 is 0 Å². The summed E-state index contributed by atoms with van der Waals surface area (Å²) in [6, 6.07) is 7.71. The monoisotopic (exact) mass is 237 g/mol. The van der Waals surface area contributed by atoms with Gasteiger partial charge in [0, 0.05) is 13.6 Å². The number of carbonyl (C=O) groups excluding carboxylic acids is 1. The molecule has 0 aromatic heterocycles. The van der Waals surface area contributed by atoms with Gasteiger partial charge in [0.25, 0.3) is 0 Å². The minimum Gasteiger partial charge on any atom is -0.493 e. The summed E-state index contributed by atoms with van der Waals surface area (Å²) in [6.45, 7) is 2.68. The summed E-state index contributed by atoms with van der Waals surface area (Å²) >= 11 is 0. The van der Waals surface area contributed by atoms with Gasteiger partial charge in [-0.05, 0) is 18.6 Å². The molecule has 0 fully saturated rings. The molecule has 0 radical (unpaired) electrons. The average molecular weight is 237 g/mol. The Bertz CT molecular complexity index is 365. The first-order valence-corrected chi connectivity index (χ1v) is 5.68. The van der Waals surface area contributed by atoms with Crippen LogP contribution in [0.1, 0.15) is 12.0 Å². The number of nitrogens with zero attached hydrogens (tertiary/aromatic N) is 1. The molecule has 4 nitrogen and oxygen atoms in total. The number of hydrogen-bond acceptors (Lipinski definition) is 3. The first kappa shape index (κ1) is 13.5. The lowest BCUT2D eigenvalue weighted by Gasteiger charge is -2.16. The molecular formula is C13H19NO3. The predicted molar refractivity (Wildman–Crippen MR) is 66.0 cm³/mol. The Morgan fingerprint density at radius 2 is 2.12 bits per heavy atom. The molecule has 0 aliphatic carbocycles. The molecule has 0 aliphatic rings. The SMILES string of the molecule is Cc1ccccc1OCCC(=O)N(C)CCO. The van der Waals surface area contributed by atoms with Crippen LogP contribution in [0.3, 0.4) is 0 Å². The highest BCUT2D eigenvalue weighted by Crippen LogP contribution is 2.16. The summed E-state index contributed by atoms with van der Waals surface area (Å²) in [5, 5.41) is 8.70. The number of aliphatic hydroxyl groups excluding tert-OH is 1. The van der Waals surface area contributed by atoms with E-state index in [-0.39, 0.29) is 12.5 Å². The van der Waals surface area contributed by atoms with Crippen LogP contribution in [0.4, 0.5) is 0 Å². The maximum Gasteiger partial charge on any atom is 0.225 e. The van der Waals surface area contributed by atoms with Crippen molar-refractivity contribution in [1.82, 2.24) is 4.90 Å². The lowest BCUT2D eigenvalue weighted by atomic mass is 10.2. The standard InChI is InChI=1S/C13H19NO3/c1-11-5-3-4-6-12(11)17-10-7-13(16)14(2)8-9-15/h3-6,15H,7-10H2,1-2H3. The first-order chi connectivity index (χ1) is 8.15. The number of rotatable bonds is 6. The van der Waals surface area contributed by atoms with E-state index in [1.165, 1.54) is 4.90 Å². The molecule has 1 rings (SSSR count). The molecule has 1 N–H and O–H groups in total. The van der Waals surface area contributed by atoms with Gasteiger partial charge < -0.3 is 14.7 Å². The van der Waals surface area contributed by atoms with Crippen LogP contribution in [0, 0.1) is 6.92 Å². The van der Waals surface area contributed by atoms with Gasteiger partial charge in [0.05, 0.1) is 19.6 Å². The normalized spacial score (nSPS) is 10.1. The summed E-state index contributed by atoms with van der Waals surface area (Å²) in [6.07, 6.45) is 0.324. The van der Waals surface area contributed by atoms with Crippen LogP contribution in [0.5, 0.6) is 5.75 Å². The second-order valence-electron chi connectivity index (χ2n) is 3.90. The molecule has 4 heteroatoms. The van der Waals surface area contributed by atoms with Gasteiger partial charge in [-0.1, -0.05) is 18.2 Å². The molecule has 0 saturated carbocycles. The number of likely N-dealkylation sites (N-methyl/N-ethyl adjacent to an activating group) is 1. The number of para-hydroxylation sites is 1. The lowest BCUT2D eigenvalue weighted by Crippen LogP contribution is -2.30. The van der Waals surface area contributed by atoms with Crippen molar-refractivity contribution in [3.05, 3.63) is 29.8 Å². The third kappa shape index (κ3) is 4.44. The molecule has 94 valence electrons. The minimum absolute atomic E-state index is 0.0130. The number of aliphatic hydroxyl groups is 1. The van der Waals surface area contributed by atoms with Crippen molar-refractivity contribution in [2.45, 2.75) is 13.3 Å². The highest BCUT2D eigenvalue weighted by molar-refractivity contribution is 5.75. The minimum atomic E-state index is -0.0207. The summed E-state index contributed by atoms with van der Waals surface area (Å²) in [4.78, 5) is 13.0. The average Bonchev–Trinajstić information content (AvgIpc) is 2.31. The van der Waals surface area contributed by atoms with Crippen molar-refractivity contribution in [2.24, 2.45) is 0 Å². The van der Waals surface area contributed by atoms with Crippen molar-refractivity contribution < 1.29 is 14.6 Å². The maximum atomic E-state index is 11.5. The molecule has 0 atom stereocenters. The second-order valence-corrected chi connectivity index (χ2v) is 3.90. The summed E-state index contributed by atoms with van der Waals surface area (Å²) in [5.74, 6) is 0.790. The van der Waals surface area contributed by atoms with E-state index in [1.54, 1.807) is 7.05 Å². The number of carbonyl (C=O) groups is 1. The molecule has 1 aromatic carbocycles. The van der Waals surface area contributed by atoms with Crippen LogP contribution in [0.25, 0.3) is 0 Å². The van der Waals surface area contributed by atoms with E-state index in [1.807, 2.05) is 31.2 Å². The fourth-order valence-corrected chi connectivity index (χ4v) is 1.43. The molecule has 0 bridgehead atoms. The molecular weight excluding hydrogens is 218 g/mol. The third-order valence-corrected chi connectivity index (χ3v) is 2.53. The molecule has 0 unspecified atom stereocenters. The smallest absolute Gasteiger partial charge is 0.225 e. The van der Waals surface area contributed by atoms with E-state index in [0.29, 0.717) is 19.6 Å². The van der Waals surface area contributed by atoms with Crippen LogP contribution < -0.4 is 4.74 Å². The molecule has 1 amide bonds. The van der Waals surface area contributed by atoms with E-state index in [0.717, 1.165) is 11.3 Å². The van der Waals surface area contributed by atoms with Crippen molar-refractivity contribution >= 4 is 5.91 Å². The first-order valence-electron chi connectivity index (χ1n) is 5.68. The maximum absolute atomic E-state index is 11.5. The molecule has 1 aromatic rings. The Hall–Kier alpha value is -1.55. The van der Waals surface area contributed by atoms with Crippen molar-refractivity contribution in [1.29, 1.82) is 0 Å². The van der Waals surface area contributed by atoms with Crippen LogP contribution in [0.2, 0.25) is 0 Å².